The van der Waals surface area contributed by atoms with E-state index in [0.717, 1.165) is 6.42 Å². The molecule has 0 aliphatic carbocycles. The van der Waals surface area contributed by atoms with Gasteiger partial charge < -0.3 is 5.11 Å². The lowest BCUT2D eigenvalue weighted by molar-refractivity contribution is 0.474. The van der Waals surface area contributed by atoms with Gasteiger partial charge in [0.2, 0.25) is 0 Å². The van der Waals surface area contributed by atoms with Crippen LogP contribution in [0.2, 0.25) is 0 Å². The molecule has 0 bridgehead atoms. The molecule has 0 amide bonds. The fourth-order valence-corrected chi connectivity index (χ4v) is 1.31. The van der Waals surface area contributed by atoms with Crippen LogP contribution >= 0.6 is 0 Å². The first kappa shape index (κ1) is 21.5. The Labute approximate surface area is 131 Å². The Bertz CT molecular complexity index is 421. The zero-order valence-corrected chi connectivity index (χ0v) is 14.6. The summed E-state index contributed by atoms with van der Waals surface area (Å²) in [6, 6.07) is 17.6. The molecule has 0 saturated heterocycles. The van der Waals surface area contributed by atoms with Gasteiger partial charge in [-0.15, -0.1) is 0 Å². The molecule has 2 aromatic carbocycles. The largest absolute Gasteiger partial charge is 0.508 e. The van der Waals surface area contributed by atoms with Crippen LogP contribution < -0.4 is 0 Å². The number of phenols is 1. The molecule has 0 aromatic heterocycles. The van der Waals surface area contributed by atoms with Gasteiger partial charge in [-0.25, -0.2) is 0 Å². The number of aromatic hydroxyl groups is 1. The van der Waals surface area contributed by atoms with Crippen molar-refractivity contribution in [1.82, 2.24) is 0 Å². The van der Waals surface area contributed by atoms with Gasteiger partial charge >= 0.3 is 0 Å². The maximum Gasteiger partial charge on any atom is 0.115 e. The predicted octanol–water partition coefficient (Wildman–Crippen LogP) is 6.39. The number of hydrogen-bond acceptors (Lipinski definition) is 1. The van der Waals surface area contributed by atoms with Crippen molar-refractivity contribution in [1.29, 1.82) is 0 Å². The van der Waals surface area contributed by atoms with Crippen LogP contribution in [0.4, 0.5) is 0 Å². The summed E-state index contributed by atoms with van der Waals surface area (Å²) in [6.45, 7) is 12.4. The topological polar surface area (TPSA) is 20.2 Å². The molecule has 0 unspecified atom stereocenters. The molecule has 118 valence electrons. The van der Waals surface area contributed by atoms with E-state index in [1.807, 2.05) is 44.2 Å². The zero-order valence-electron chi connectivity index (χ0n) is 14.6. The Balaban J connectivity index is 0. The second-order valence-corrected chi connectivity index (χ2v) is 4.39. The third kappa shape index (κ3) is 14.5. The summed E-state index contributed by atoms with van der Waals surface area (Å²) in [5, 5.41) is 8.94. The SMILES string of the molecule is CC.CCC.CCc1cccc(O)c1.Cc1ccccc1. The van der Waals surface area contributed by atoms with Gasteiger partial charge in [-0.05, 0) is 31.0 Å². The summed E-state index contributed by atoms with van der Waals surface area (Å²) in [5.74, 6) is 0.356. The third-order valence-electron chi connectivity index (χ3n) is 2.26. The Morgan fingerprint density at radius 3 is 1.62 bits per heavy atom. The van der Waals surface area contributed by atoms with E-state index >= 15 is 0 Å². The van der Waals surface area contributed by atoms with Crippen molar-refractivity contribution in [3.63, 3.8) is 0 Å². The highest BCUT2D eigenvalue weighted by molar-refractivity contribution is 5.26. The molecule has 0 atom stereocenters. The van der Waals surface area contributed by atoms with Crippen LogP contribution in [-0.4, -0.2) is 5.11 Å². The first-order valence-electron chi connectivity index (χ1n) is 7.93. The van der Waals surface area contributed by atoms with Gasteiger partial charge in [0.05, 0.1) is 0 Å². The summed E-state index contributed by atoms with van der Waals surface area (Å²) >= 11 is 0. The Morgan fingerprint density at radius 2 is 1.33 bits per heavy atom. The number of hydrogen-bond donors (Lipinski definition) is 1. The maximum absolute atomic E-state index is 8.94. The molecule has 1 N–H and O–H groups in total. The summed E-state index contributed by atoms with van der Waals surface area (Å²) < 4.78 is 0. The van der Waals surface area contributed by atoms with E-state index in [1.165, 1.54) is 17.5 Å². The minimum Gasteiger partial charge on any atom is -0.508 e. The molecule has 0 spiro atoms. The average molecular weight is 288 g/mol. The lowest BCUT2D eigenvalue weighted by atomic mass is 10.2. The quantitative estimate of drug-likeness (QED) is 0.644. The number of aryl methyl sites for hydroxylation is 2. The molecule has 0 aliphatic rings. The highest BCUT2D eigenvalue weighted by atomic mass is 16.3. The molecule has 21 heavy (non-hydrogen) atoms. The van der Waals surface area contributed by atoms with Gasteiger partial charge in [0.15, 0.2) is 0 Å². The molecule has 0 heterocycles. The van der Waals surface area contributed by atoms with Crippen LogP contribution in [0, 0.1) is 6.92 Å². The van der Waals surface area contributed by atoms with E-state index in [0.29, 0.717) is 5.75 Å². The van der Waals surface area contributed by atoms with Crippen molar-refractivity contribution in [2.45, 2.75) is 54.4 Å². The maximum atomic E-state index is 8.94. The lowest BCUT2D eigenvalue weighted by Gasteiger charge is -1.94. The van der Waals surface area contributed by atoms with Gasteiger partial charge in [-0.2, -0.15) is 0 Å². The van der Waals surface area contributed by atoms with Crippen LogP contribution in [0.1, 0.15) is 52.2 Å². The van der Waals surface area contributed by atoms with E-state index in [4.69, 9.17) is 5.11 Å². The average Bonchev–Trinajstić information content (AvgIpc) is 2.51. The molecule has 0 saturated carbocycles. The third-order valence-corrected chi connectivity index (χ3v) is 2.26. The smallest absolute Gasteiger partial charge is 0.115 e. The highest BCUT2D eigenvalue weighted by Crippen LogP contribution is 2.10. The van der Waals surface area contributed by atoms with Gasteiger partial charge in [-0.3, -0.25) is 0 Å². The molecule has 1 nitrogen and oxygen atoms in total. The lowest BCUT2D eigenvalue weighted by Crippen LogP contribution is -1.75. The van der Waals surface area contributed by atoms with E-state index in [9.17, 15) is 0 Å². The van der Waals surface area contributed by atoms with Crippen LogP contribution in [0.15, 0.2) is 54.6 Å². The van der Waals surface area contributed by atoms with E-state index in [-0.39, 0.29) is 0 Å². The molecule has 2 rings (SSSR count). The zero-order chi connectivity index (χ0) is 16.5. The standard InChI is InChI=1S/C8H10O.C7H8.C3H8.C2H6/c1-2-7-4-3-5-8(9)6-7;1-7-5-3-2-4-6-7;1-3-2;1-2/h3-6,9H,2H2,1H3;2-6H,1H3;3H2,1-2H3;1-2H3. The van der Waals surface area contributed by atoms with Crippen molar-refractivity contribution in [3.05, 3.63) is 65.7 Å². The summed E-state index contributed by atoms with van der Waals surface area (Å²) in [5.41, 5.74) is 2.50. The van der Waals surface area contributed by atoms with Crippen molar-refractivity contribution in [2.24, 2.45) is 0 Å². The minimum absolute atomic E-state index is 0.356. The summed E-state index contributed by atoms with van der Waals surface area (Å²) in [7, 11) is 0. The van der Waals surface area contributed by atoms with Crippen LogP contribution in [0.5, 0.6) is 5.75 Å². The number of benzene rings is 2. The Hall–Kier alpha value is -1.76. The van der Waals surface area contributed by atoms with Crippen molar-refractivity contribution >= 4 is 0 Å². The van der Waals surface area contributed by atoms with Gasteiger partial charge in [0, 0.05) is 0 Å². The first-order chi connectivity index (χ1) is 10.1. The molecule has 2 aromatic rings. The van der Waals surface area contributed by atoms with E-state index < -0.39 is 0 Å². The summed E-state index contributed by atoms with van der Waals surface area (Å²) in [4.78, 5) is 0. The monoisotopic (exact) mass is 288 g/mol. The van der Waals surface area contributed by atoms with Gasteiger partial charge in [0.25, 0.3) is 0 Å². The molecular formula is C20H32O. The van der Waals surface area contributed by atoms with Crippen LogP contribution in [0.3, 0.4) is 0 Å². The normalized spacial score (nSPS) is 8.10. The molecule has 0 radical (unpaired) electrons. The molecular weight excluding hydrogens is 256 g/mol. The second-order valence-electron chi connectivity index (χ2n) is 4.39. The Morgan fingerprint density at radius 1 is 0.810 bits per heavy atom. The predicted molar refractivity (Wildman–Crippen MR) is 96.0 cm³/mol. The molecule has 1 heteroatoms. The van der Waals surface area contributed by atoms with Crippen LogP contribution in [-0.2, 0) is 6.42 Å². The minimum atomic E-state index is 0.356. The van der Waals surface area contributed by atoms with E-state index in [2.05, 4.69) is 39.8 Å². The van der Waals surface area contributed by atoms with Crippen molar-refractivity contribution in [2.75, 3.05) is 0 Å². The van der Waals surface area contributed by atoms with Gasteiger partial charge in [0.1, 0.15) is 5.75 Å². The number of rotatable bonds is 1. The van der Waals surface area contributed by atoms with Gasteiger partial charge in [-0.1, -0.05) is 89.1 Å². The molecule has 0 fully saturated rings. The summed E-state index contributed by atoms with van der Waals surface area (Å²) in [6.07, 6.45) is 2.23. The number of phenolic OH excluding ortho intramolecular Hbond substituents is 1. The van der Waals surface area contributed by atoms with Crippen molar-refractivity contribution < 1.29 is 5.11 Å². The molecule has 0 aliphatic heterocycles. The Kier molecular flexibility index (Phi) is 16.7. The van der Waals surface area contributed by atoms with Crippen molar-refractivity contribution in [3.8, 4) is 5.75 Å². The highest BCUT2D eigenvalue weighted by Gasteiger charge is 1.87. The second kappa shape index (κ2) is 16.3. The van der Waals surface area contributed by atoms with Crippen LogP contribution in [0.25, 0.3) is 0 Å². The first-order valence-corrected chi connectivity index (χ1v) is 7.93. The fraction of sp³-hybridized carbons (Fsp3) is 0.400. The fourth-order valence-electron chi connectivity index (χ4n) is 1.31. The van der Waals surface area contributed by atoms with E-state index in [1.54, 1.807) is 12.1 Å².